The summed E-state index contributed by atoms with van der Waals surface area (Å²) < 4.78 is 20.6. The Morgan fingerprint density at radius 2 is 1.14 bits per heavy atom. The van der Waals surface area contributed by atoms with Crippen molar-refractivity contribution in [2.45, 2.75) is 39.9 Å². The molecule has 2 unspecified atom stereocenters. The summed E-state index contributed by atoms with van der Waals surface area (Å²) in [5, 5.41) is 0. The van der Waals surface area contributed by atoms with Crippen LogP contribution >= 0.6 is 0 Å². The van der Waals surface area contributed by atoms with Gasteiger partial charge in [-0.1, -0.05) is 0 Å². The van der Waals surface area contributed by atoms with E-state index in [1.807, 2.05) is 0 Å². The smallest absolute Gasteiger partial charge is 0.347 e. The summed E-state index contributed by atoms with van der Waals surface area (Å²) in [4.78, 5) is 22.9. The van der Waals surface area contributed by atoms with Crippen molar-refractivity contribution in [3.8, 4) is 11.5 Å². The van der Waals surface area contributed by atoms with Crippen molar-refractivity contribution in [1.29, 1.82) is 0 Å². The average molecular weight is 310 g/mol. The highest BCUT2D eigenvalue weighted by atomic mass is 16.6. The second kappa shape index (κ2) is 8.92. The second-order valence-corrected chi connectivity index (χ2v) is 4.50. The quantitative estimate of drug-likeness (QED) is 0.686. The number of hydrogen-bond donors (Lipinski definition) is 0. The third-order valence-corrected chi connectivity index (χ3v) is 2.69. The van der Waals surface area contributed by atoms with E-state index in [1.54, 1.807) is 52.0 Å². The molecule has 0 saturated heterocycles. The van der Waals surface area contributed by atoms with Gasteiger partial charge in [-0.05, 0) is 52.0 Å². The van der Waals surface area contributed by atoms with Gasteiger partial charge in [0.2, 0.25) is 0 Å². The number of carbonyl (C=O) groups excluding carboxylic acids is 2. The van der Waals surface area contributed by atoms with E-state index in [1.165, 1.54) is 0 Å². The van der Waals surface area contributed by atoms with Crippen molar-refractivity contribution in [3.63, 3.8) is 0 Å². The van der Waals surface area contributed by atoms with Crippen LogP contribution in [0.5, 0.6) is 11.5 Å². The molecule has 0 aromatic heterocycles. The van der Waals surface area contributed by atoms with Crippen LogP contribution in [-0.2, 0) is 19.1 Å². The molecule has 0 fully saturated rings. The molecule has 1 aromatic carbocycles. The van der Waals surface area contributed by atoms with Crippen LogP contribution < -0.4 is 9.47 Å². The van der Waals surface area contributed by atoms with Crippen molar-refractivity contribution >= 4 is 11.9 Å². The van der Waals surface area contributed by atoms with Crippen LogP contribution in [0, 0.1) is 0 Å². The highest BCUT2D eigenvalue weighted by Gasteiger charge is 2.17. The van der Waals surface area contributed by atoms with E-state index in [4.69, 9.17) is 18.9 Å². The standard InChI is InChI=1S/C16H22O6/c1-5-19-15(17)11(3)21-13-7-9-14(10-8-13)22-12(4)16(18)20-6-2/h7-12H,5-6H2,1-4H3. The van der Waals surface area contributed by atoms with Crippen LogP contribution in [-0.4, -0.2) is 37.4 Å². The van der Waals surface area contributed by atoms with E-state index in [9.17, 15) is 9.59 Å². The summed E-state index contributed by atoms with van der Waals surface area (Å²) in [6.45, 7) is 7.33. The summed E-state index contributed by atoms with van der Waals surface area (Å²) in [7, 11) is 0. The molecule has 1 aromatic rings. The Balaban J connectivity index is 2.56. The van der Waals surface area contributed by atoms with Gasteiger partial charge in [-0.15, -0.1) is 0 Å². The Morgan fingerprint density at radius 3 is 1.41 bits per heavy atom. The molecule has 0 saturated carbocycles. The number of benzene rings is 1. The van der Waals surface area contributed by atoms with Gasteiger partial charge in [0.05, 0.1) is 13.2 Å². The van der Waals surface area contributed by atoms with Crippen molar-refractivity contribution in [2.75, 3.05) is 13.2 Å². The average Bonchev–Trinajstić information content (AvgIpc) is 2.49. The van der Waals surface area contributed by atoms with Gasteiger partial charge in [-0.2, -0.15) is 0 Å². The van der Waals surface area contributed by atoms with Gasteiger partial charge in [-0.25, -0.2) is 9.59 Å². The van der Waals surface area contributed by atoms with E-state index in [-0.39, 0.29) is 0 Å². The van der Waals surface area contributed by atoms with Crippen LogP contribution in [0.15, 0.2) is 24.3 Å². The molecule has 0 bridgehead atoms. The molecule has 122 valence electrons. The third-order valence-electron chi connectivity index (χ3n) is 2.69. The van der Waals surface area contributed by atoms with Crippen LogP contribution in [0.2, 0.25) is 0 Å². The molecule has 2 atom stereocenters. The Labute approximate surface area is 130 Å². The number of esters is 2. The largest absolute Gasteiger partial charge is 0.479 e. The van der Waals surface area contributed by atoms with Gasteiger partial charge in [0, 0.05) is 0 Å². The van der Waals surface area contributed by atoms with E-state index >= 15 is 0 Å². The molecule has 0 aliphatic heterocycles. The molecule has 0 amide bonds. The van der Waals surface area contributed by atoms with Crippen LogP contribution in [0.4, 0.5) is 0 Å². The predicted octanol–water partition coefficient (Wildman–Crippen LogP) is 2.35. The highest BCUT2D eigenvalue weighted by molar-refractivity contribution is 5.75. The molecule has 0 spiro atoms. The first-order valence-corrected chi connectivity index (χ1v) is 7.24. The maximum absolute atomic E-state index is 11.5. The molecule has 22 heavy (non-hydrogen) atoms. The van der Waals surface area contributed by atoms with Gasteiger partial charge < -0.3 is 18.9 Å². The molecule has 6 heteroatoms. The fourth-order valence-electron chi connectivity index (χ4n) is 1.62. The van der Waals surface area contributed by atoms with E-state index in [2.05, 4.69) is 0 Å². The molecule has 0 N–H and O–H groups in total. The lowest BCUT2D eigenvalue weighted by atomic mass is 10.3. The molecular formula is C16H22O6. The second-order valence-electron chi connectivity index (χ2n) is 4.50. The normalized spacial score (nSPS) is 12.9. The first-order valence-electron chi connectivity index (χ1n) is 7.24. The van der Waals surface area contributed by atoms with Gasteiger partial charge in [0.1, 0.15) is 11.5 Å². The Bertz CT molecular complexity index is 437. The highest BCUT2D eigenvalue weighted by Crippen LogP contribution is 2.20. The molecule has 6 nitrogen and oxygen atoms in total. The van der Waals surface area contributed by atoms with Crippen LogP contribution in [0.25, 0.3) is 0 Å². The lowest BCUT2D eigenvalue weighted by Crippen LogP contribution is -2.26. The monoisotopic (exact) mass is 310 g/mol. The number of carbonyl (C=O) groups is 2. The van der Waals surface area contributed by atoms with Gasteiger partial charge >= 0.3 is 11.9 Å². The Morgan fingerprint density at radius 1 is 0.818 bits per heavy atom. The summed E-state index contributed by atoms with van der Waals surface area (Å²) in [5.41, 5.74) is 0. The molecule has 1 rings (SSSR count). The van der Waals surface area contributed by atoms with Gasteiger partial charge in [-0.3, -0.25) is 0 Å². The lowest BCUT2D eigenvalue weighted by molar-refractivity contribution is -0.151. The molecular weight excluding hydrogens is 288 g/mol. The molecule has 0 aliphatic rings. The van der Waals surface area contributed by atoms with Crippen molar-refractivity contribution in [2.24, 2.45) is 0 Å². The fourth-order valence-corrected chi connectivity index (χ4v) is 1.62. The molecule has 0 heterocycles. The van der Waals surface area contributed by atoms with Gasteiger partial charge in [0.15, 0.2) is 12.2 Å². The zero-order chi connectivity index (χ0) is 16.5. The van der Waals surface area contributed by atoms with Crippen LogP contribution in [0.1, 0.15) is 27.7 Å². The summed E-state index contributed by atoms with van der Waals surface area (Å²) in [5.74, 6) is 0.186. The lowest BCUT2D eigenvalue weighted by Gasteiger charge is -2.15. The SMILES string of the molecule is CCOC(=O)C(C)Oc1ccc(OC(C)C(=O)OCC)cc1. The number of ether oxygens (including phenoxy) is 4. The Hall–Kier alpha value is -2.24. The van der Waals surface area contributed by atoms with E-state index in [0.717, 1.165) is 0 Å². The summed E-state index contributed by atoms with van der Waals surface area (Å²) in [6.07, 6.45) is -1.38. The van der Waals surface area contributed by atoms with E-state index < -0.39 is 24.1 Å². The van der Waals surface area contributed by atoms with Crippen molar-refractivity contribution in [1.82, 2.24) is 0 Å². The minimum Gasteiger partial charge on any atom is -0.479 e. The van der Waals surface area contributed by atoms with E-state index in [0.29, 0.717) is 24.7 Å². The first-order chi connectivity index (χ1) is 10.5. The van der Waals surface area contributed by atoms with Crippen LogP contribution in [0.3, 0.4) is 0 Å². The summed E-state index contributed by atoms with van der Waals surface area (Å²) >= 11 is 0. The number of rotatable bonds is 8. The zero-order valence-corrected chi connectivity index (χ0v) is 13.3. The first kappa shape index (κ1) is 17.8. The topological polar surface area (TPSA) is 71.1 Å². The van der Waals surface area contributed by atoms with Gasteiger partial charge in [0.25, 0.3) is 0 Å². The van der Waals surface area contributed by atoms with Crippen molar-refractivity contribution < 1.29 is 28.5 Å². The number of hydrogen-bond acceptors (Lipinski definition) is 6. The predicted molar refractivity (Wildman–Crippen MR) is 79.9 cm³/mol. The molecule has 0 aliphatic carbocycles. The Kier molecular flexibility index (Phi) is 7.22. The fraction of sp³-hybridized carbons (Fsp3) is 0.500. The maximum atomic E-state index is 11.5. The minimum atomic E-state index is -0.690. The minimum absolute atomic E-state index is 0.311. The summed E-state index contributed by atoms with van der Waals surface area (Å²) in [6, 6.07) is 6.62. The molecule has 0 radical (unpaired) electrons. The third kappa shape index (κ3) is 5.63. The zero-order valence-electron chi connectivity index (χ0n) is 13.3. The maximum Gasteiger partial charge on any atom is 0.347 e. The van der Waals surface area contributed by atoms with Crippen molar-refractivity contribution in [3.05, 3.63) is 24.3 Å².